The van der Waals surface area contributed by atoms with Crippen LogP contribution in [0.1, 0.15) is 83.8 Å². The third-order valence-electron chi connectivity index (χ3n) is 6.23. The van der Waals surface area contributed by atoms with Gasteiger partial charge in [-0.3, -0.25) is 4.79 Å². The van der Waals surface area contributed by atoms with Crippen LogP contribution in [-0.4, -0.2) is 63.0 Å². The van der Waals surface area contributed by atoms with Crippen LogP contribution in [0, 0.1) is 23.2 Å². The summed E-state index contributed by atoms with van der Waals surface area (Å²) in [5.41, 5.74) is -0.657. The monoisotopic (exact) mass is 538 g/mol. The van der Waals surface area contributed by atoms with Gasteiger partial charge in [0.1, 0.15) is 28.6 Å². The number of rotatable bonds is 7. The molecule has 0 aromatic carbocycles. The van der Waals surface area contributed by atoms with Crippen LogP contribution in [0.5, 0.6) is 0 Å². The average molecular weight is 539 g/mol. The highest BCUT2D eigenvalue weighted by atomic mass is 16.6. The van der Waals surface area contributed by atoms with Crippen LogP contribution in [0.3, 0.4) is 0 Å². The highest BCUT2D eigenvalue weighted by molar-refractivity contribution is 5.98. The van der Waals surface area contributed by atoms with Gasteiger partial charge in [-0.1, -0.05) is 34.6 Å². The molecular weight excluding hydrogens is 496 g/mol. The van der Waals surface area contributed by atoms with E-state index in [0.29, 0.717) is 42.5 Å². The summed E-state index contributed by atoms with van der Waals surface area (Å²) in [6, 6.07) is 5.59. The van der Waals surface area contributed by atoms with Gasteiger partial charge in [0.05, 0.1) is 30.8 Å². The standard InChI is InChI=1S/C29H42N6O4/c1-19(2)16-35(21-12-20(13-30)17-34(18-21)27(37)39-29(6,7)8)25(36)23-15-32-26(28(3,4)5)33-24(23)31-14-22-10-9-11-38-22/h9-11,15,19-21H,12,14,16-18H2,1-8H3,(H,31,32,33)/t20-,21+/m1/s1. The topological polar surface area (TPSA) is 125 Å². The molecule has 0 unspecified atom stereocenters. The van der Waals surface area contributed by atoms with Gasteiger partial charge in [0.2, 0.25) is 0 Å². The molecule has 10 heteroatoms. The lowest BCUT2D eigenvalue weighted by Gasteiger charge is -2.42. The molecule has 1 aliphatic rings. The summed E-state index contributed by atoms with van der Waals surface area (Å²) >= 11 is 0. The Morgan fingerprint density at radius 3 is 2.54 bits per heavy atom. The van der Waals surface area contributed by atoms with E-state index in [2.05, 4.69) is 16.4 Å². The Morgan fingerprint density at radius 1 is 1.26 bits per heavy atom. The van der Waals surface area contributed by atoms with E-state index < -0.39 is 17.6 Å². The number of piperidine rings is 1. The van der Waals surface area contributed by atoms with Crippen molar-refractivity contribution in [2.45, 2.75) is 85.4 Å². The molecule has 2 amide bonds. The minimum Gasteiger partial charge on any atom is -0.467 e. The highest BCUT2D eigenvalue weighted by Gasteiger charge is 2.38. The minimum absolute atomic E-state index is 0.153. The van der Waals surface area contributed by atoms with Crippen molar-refractivity contribution in [2.24, 2.45) is 11.8 Å². The zero-order valence-electron chi connectivity index (χ0n) is 24.4. The second kappa shape index (κ2) is 12.1. The fourth-order valence-electron chi connectivity index (χ4n) is 4.43. The number of ether oxygens (including phenoxy) is 1. The summed E-state index contributed by atoms with van der Waals surface area (Å²) in [6.45, 7) is 16.9. The molecule has 2 aromatic heterocycles. The third kappa shape index (κ3) is 8.19. The Labute approximate surface area is 231 Å². The van der Waals surface area contributed by atoms with Crippen LogP contribution >= 0.6 is 0 Å². The molecule has 3 heterocycles. The second-order valence-electron chi connectivity index (χ2n) is 12.6. The number of carbonyl (C=O) groups is 2. The summed E-state index contributed by atoms with van der Waals surface area (Å²) in [7, 11) is 0. The van der Waals surface area contributed by atoms with E-state index in [1.165, 1.54) is 0 Å². The van der Waals surface area contributed by atoms with E-state index in [1.807, 2.05) is 40.7 Å². The Balaban J connectivity index is 1.96. The fourth-order valence-corrected chi connectivity index (χ4v) is 4.43. The van der Waals surface area contributed by atoms with Gasteiger partial charge < -0.3 is 24.3 Å². The molecule has 0 spiro atoms. The summed E-state index contributed by atoms with van der Waals surface area (Å²) in [5, 5.41) is 13.1. The van der Waals surface area contributed by atoms with Gasteiger partial charge >= 0.3 is 6.09 Å². The number of amides is 2. The van der Waals surface area contributed by atoms with Crippen LogP contribution in [0.2, 0.25) is 0 Å². The van der Waals surface area contributed by atoms with E-state index in [0.717, 1.165) is 0 Å². The number of aromatic nitrogens is 2. The van der Waals surface area contributed by atoms with Crippen LogP contribution in [0.25, 0.3) is 0 Å². The molecule has 0 bridgehead atoms. The number of nitrogens with one attached hydrogen (secondary N) is 1. The quantitative estimate of drug-likeness (QED) is 0.508. The molecular formula is C29H42N6O4. The molecule has 0 saturated carbocycles. The normalized spacial score (nSPS) is 18.0. The molecule has 1 fully saturated rings. The van der Waals surface area contributed by atoms with Gasteiger partial charge in [-0.2, -0.15) is 5.26 Å². The first kappa shape index (κ1) is 29.9. The van der Waals surface area contributed by atoms with Crippen molar-refractivity contribution in [1.82, 2.24) is 19.8 Å². The van der Waals surface area contributed by atoms with E-state index >= 15 is 0 Å². The molecule has 2 atom stereocenters. The number of hydrogen-bond donors (Lipinski definition) is 1. The van der Waals surface area contributed by atoms with Gasteiger partial charge in [0, 0.05) is 31.2 Å². The molecule has 212 valence electrons. The molecule has 2 aromatic rings. The maximum absolute atomic E-state index is 14.2. The van der Waals surface area contributed by atoms with Crippen molar-refractivity contribution >= 4 is 17.8 Å². The molecule has 1 aliphatic heterocycles. The van der Waals surface area contributed by atoms with Crippen LogP contribution in [-0.2, 0) is 16.7 Å². The summed E-state index contributed by atoms with van der Waals surface area (Å²) in [6.07, 6.45) is 3.15. The first-order valence-electron chi connectivity index (χ1n) is 13.5. The number of anilines is 1. The number of hydrogen-bond acceptors (Lipinski definition) is 8. The number of furan rings is 1. The van der Waals surface area contributed by atoms with Crippen molar-refractivity contribution < 1.29 is 18.7 Å². The van der Waals surface area contributed by atoms with Gasteiger partial charge in [0.25, 0.3) is 5.91 Å². The Bertz CT molecular complexity index is 1170. The van der Waals surface area contributed by atoms with E-state index in [4.69, 9.17) is 14.1 Å². The number of likely N-dealkylation sites (tertiary alicyclic amines) is 1. The first-order valence-corrected chi connectivity index (χ1v) is 13.5. The average Bonchev–Trinajstić information content (AvgIpc) is 3.37. The number of nitriles is 1. The van der Waals surface area contributed by atoms with Gasteiger partial charge in [-0.15, -0.1) is 0 Å². The van der Waals surface area contributed by atoms with Gasteiger partial charge in [-0.25, -0.2) is 14.8 Å². The van der Waals surface area contributed by atoms with Crippen molar-refractivity contribution in [3.63, 3.8) is 0 Å². The molecule has 10 nitrogen and oxygen atoms in total. The molecule has 1 N–H and O–H groups in total. The van der Waals surface area contributed by atoms with Gasteiger partial charge in [0.15, 0.2) is 0 Å². The first-order chi connectivity index (χ1) is 18.2. The van der Waals surface area contributed by atoms with Gasteiger partial charge in [-0.05, 0) is 45.2 Å². The summed E-state index contributed by atoms with van der Waals surface area (Å²) in [4.78, 5) is 39.7. The zero-order chi connectivity index (χ0) is 29.0. The molecule has 1 saturated heterocycles. The molecule has 3 rings (SSSR count). The summed E-state index contributed by atoms with van der Waals surface area (Å²) in [5.74, 6) is 1.21. The van der Waals surface area contributed by atoms with E-state index in [9.17, 15) is 14.9 Å². The summed E-state index contributed by atoms with van der Waals surface area (Å²) < 4.78 is 11.1. The molecule has 39 heavy (non-hydrogen) atoms. The van der Waals surface area contributed by atoms with Crippen molar-refractivity contribution in [3.05, 3.63) is 41.7 Å². The fraction of sp³-hybridized carbons (Fsp3) is 0.621. The molecule has 0 aliphatic carbocycles. The maximum atomic E-state index is 14.2. The highest BCUT2D eigenvalue weighted by Crippen LogP contribution is 2.28. The van der Waals surface area contributed by atoms with E-state index in [1.54, 1.807) is 49.1 Å². The lowest BCUT2D eigenvalue weighted by molar-refractivity contribution is 0.00497. The third-order valence-corrected chi connectivity index (χ3v) is 6.23. The van der Waals surface area contributed by atoms with Crippen LogP contribution in [0.4, 0.5) is 10.6 Å². The van der Waals surface area contributed by atoms with Crippen molar-refractivity contribution in [1.29, 1.82) is 5.26 Å². The van der Waals surface area contributed by atoms with Crippen LogP contribution < -0.4 is 5.32 Å². The molecule has 0 radical (unpaired) electrons. The number of nitrogens with zero attached hydrogens (tertiary/aromatic N) is 5. The predicted molar refractivity (Wildman–Crippen MR) is 148 cm³/mol. The van der Waals surface area contributed by atoms with Crippen molar-refractivity contribution in [3.8, 4) is 6.07 Å². The Kier molecular flexibility index (Phi) is 9.26. The minimum atomic E-state index is -0.666. The zero-order valence-corrected chi connectivity index (χ0v) is 24.4. The SMILES string of the molecule is CC(C)CN(C(=O)c1cnc(C(C)(C)C)nc1NCc1ccco1)[C@H]1C[C@H](C#N)CN(C(=O)OC(C)(C)C)C1. The van der Waals surface area contributed by atoms with Crippen molar-refractivity contribution in [2.75, 3.05) is 25.0 Å². The number of carbonyl (C=O) groups excluding carboxylic acids is 2. The maximum Gasteiger partial charge on any atom is 0.410 e. The smallest absolute Gasteiger partial charge is 0.410 e. The van der Waals surface area contributed by atoms with Crippen LogP contribution in [0.15, 0.2) is 29.0 Å². The van der Waals surface area contributed by atoms with E-state index in [-0.39, 0.29) is 36.4 Å². The lowest BCUT2D eigenvalue weighted by atomic mass is 9.93. The predicted octanol–water partition coefficient (Wildman–Crippen LogP) is 5.23. The Hall–Kier alpha value is -3.61. The largest absolute Gasteiger partial charge is 0.467 e. The second-order valence-corrected chi connectivity index (χ2v) is 12.6. The lowest BCUT2D eigenvalue weighted by Crippen LogP contribution is -2.55. The Morgan fingerprint density at radius 2 is 1.97 bits per heavy atom.